The largest absolute Gasteiger partial charge is 0.427 e. The molecule has 0 radical (unpaired) electrons. The first-order chi connectivity index (χ1) is 27.8. The van der Waals surface area contributed by atoms with E-state index in [9.17, 15) is 19.2 Å². The molecule has 1 N–H and O–H groups in total. The Bertz CT molecular complexity index is 2040. The molecule has 4 aliphatic heterocycles. The first-order valence-corrected chi connectivity index (χ1v) is 24.1. The normalized spacial score (nSPS) is 34.4. The molecule has 10 aliphatic rings. The van der Waals surface area contributed by atoms with Crippen LogP contribution in [0.3, 0.4) is 0 Å². The zero-order chi connectivity index (χ0) is 38.9. The molecule has 11 heteroatoms. The minimum atomic E-state index is -0.836. The maximum atomic E-state index is 14.9. The van der Waals surface area contributed by atoms with Gasteiger partial charge in [-0.1, -0.05) is 73.5 Å². The molecule has 6 unspecified atom stereocenters. The summed E-state index contributed by atoms with van der Waals surface area (Å²) in [5.41, 5.74) is 3.54. The third-order valence-corrected chi connectivity index (χ3v) is 17.8. The molecule has 57 heavy (non-hydrogen) atoms. The lowest BCUT2D eigenvalue weighted by Gasteiger charge is -2.57. The second kappa shape index (κ2) is 14.9. The van der Waals surface area contributed by atoms with Crippen LogP contribution in [0.15, 0.2) is 76.4 Å². The van der Waals surface area contributed by atoms with Crippen LogP contribution in [0.4, 0.5) is 5.82 Å². The van der Waals surface area contributed by atoms with E-state index >= 15 is 0 Å². The van der Waals surface area contributed by atoms with Gasteiger partial charge in [-0.15, -0.1) is 0 Å². The predicted octanol–water partition coefficient (Wildman–Crippen LogP) is 9.32. The summed E-state index contributed by atoms with van der Waals surface area (Å²) >= 11 is 0. The van der Waals surface area contributed by atoms with E-state index in [1.54, 1.807) is 17.0 Å². The lowest BCUT2D eigenvalue weighted by Crippen LogP contribution is -2.53. The Morgan fingerprint density at radius 3 is 2.53 bits per heavy atom. The first kappa shape index (κ1) is 37.7. The van der Waals surface area contributed by atoms with Crippen molar-refractivity contribution in [3.63, 3.8) is 0 Å². The molecule has 1 spiro atoms. The van der Waals surface area contributed by atoms with Crippen molar-refractivity contribution >= 4 is 51.2 Å². The average Bonchev–Trinajstić information content (AvgIpc) is 3.99. The lowest BCUT2D eigenvalue weighted by atomic mass is 9.43. The van der Waals surface area contributed by atoms with Crippen molar-refractivity contribution in [1.29, 1.82) is 0 Å². The molecule has 6 atom stereocenters. The summed E-state index contributed by atoms with van der Waals surface area (Å²) in [6.07, 6.45) is 24.8. The van der Waals surface area contributed by atoms with Crippen molar-refractivity contribution in [1.82, 2.24) is 9.88 Å². The number of allylic oxidation sites excluding steroid dienone is 4. The van der Waals surface area contributed by atoms with Gasteiger partial charge in [0.05, 0.1) is 16.9 Å². The van der Waals surface area contributed by atoms with Crippen LogP contribution in [0, 0.1) is 40.4 Å². The lowest BCUT2D eigenvalue weighted by molar-refractivity contribution is -0.137. The van der Waals surface area contributed by atoms with E-state index in [2.05, 4.69) is 29.4 Å². The zero-order valence-corrected chi connectivity index (χ0v) is 34.5. The maximum absolute atomic E-state index is 14.9. The highest BCUT2D eigenvalue weighted by atomic mass is 33.1. The van der Waals surface area contributed by atoms with E-state index in [1.165, 1.54) is 62.0 Å². The molecule has 1 aromatic rings. The number of hydrogen-bond donors (Lipinski definition) is 1. The summed E-state index contributed by atoms with van der Waals surface area (Å²) in [4.78, 5) is 61.8. The van der Waals surface area contributed by atoms with Crippen molar-refractivity contribution in [2.75, 3.05) is 23.5 Å². The van der Waals surface area contributed by atoms with E-state index < -0.39 is 11.3 Å². The van der Waals surface area contributed by atoms with Gasteiger partial charge in [-0.2, -0.15) is 0 Å². The summed E-state index contributed by atoms with van der Waals surface area (Å²) in [6.45, 7) is 2.36. The number of carbonyl (C=O) groups excluding carboxylic acids is 4. The van der Waals surface area contributed by atoms with Crippen LogP contribution in [0.2, 0.25) is 0 Å². The fourth-order valence-corrected chi connectivity index (χ4v) is 15.0. The van der Waals surface area contributed by atoms with Crippen LogP contribution in [0.5, 0.6) is 0 Å². The second-order valence-corrected chi connectivity index (χ2v) is 20.6. The third-order valence-electron chi connectivity index (χ3n) is 15.6. The summed E-state index contributed by atoms with van der Waals surface area (Å²) in [5.74, 6) is 2.95. The third kappa shape index (κ3) is 6.22. The minimum Gasteiger partial charge on any atom is -0.427 e. The Kier molecular flexibility index (Phi) is 9.86. The monoisotopic (exact) mass is 807 g/mol. The van der Waals surface area contributed by atoms with Gasteiger partial charge in [0.25, 0.3) is 11.8 Å². The van der Waals surface area contributed by atoms with Crippen molar-refractivity contribution in [2.24, 2.45) is 40.4 Å². The highest BCUT2D eigenvalue weighted by molar-refractivity contribution is 8.76. The minimum absolute atomic E-state index is 0.0402. The quantitative estimate of drug-likeness (QED) is 0.175. The molecule has 5 heterocycles. The molecular weight excluding hydrogens is 755 g/mol. The zero-order valence-electron chi connectivity index (χ0n) is 32.9. The standard InChI is InChI=1S/C46H53N3O6S2/c1-2-45(18-6-7-19-45)23-34-32-12-11-31-30-16-20-46(41(31)40(32)43(52)54-34)35-13-10-29(27-8-4-3-5-9-27)25-56-57-26-48-36-22-28(17-21-47-36)33(39(30)42(46)44(53)55-35)24-49-37(50)14-15-38(49)51/h13-15,17,21-23,27,29-31,33,41H,2-12,16,18-20,24-26H2,1H3,(H,47,48). The smallest absolute Gasteiger partial charge is 0.340 e. The van der Waals surface area contributed by atoms with Gasteiger partial charge in [0.2, 0.25) is 0 Å². The van der Waals surface area contributed by atoms with Gasteiger partial charge in [-0.3, -0.25) is 14.5 Å². The first-order valence-electron chi connectivity index (χ1n) is 21.6. The van der Waals surface area contributed by atoms with Crippen LogP contribution in [0.25, 0.3) is 0 Å². The van der Waals surface area contributed by atoms with Gasteiger partial charge < -0.3 is 14.8 Å². The number of esters is 2. The van der Waals surface area contributed by atoms with Gasteiger partial charge in [-0.25, -0.2) is 14.6 Å². The highest BCUT2D eigenvalue weighted by Crippen LogP contribution is 2.72. The molecule has 2 amide bonds. The number of rotatable bonds is 5. The average molecular weight is 808 g/mol. The molecule has 7 bridgehead atoms. The molecule has 0 aromatic carbocycles. The molecule has 1 saturated heterocycles. The number of nitrogens with zero attached hydrogens (tertiary/aromatic N) is 2. The number of fused-ring (bicyclic) bond motifs is 3. The van der Waals surface area contributed by atoms with Gasteiger partial charge in [0, 0.05) is 53.6 Å². The van der Waals surface area contributed by atoms with Crippen LogP contribution < -0.4 is 5.32 Å². The Hall–Kier alpha value is -3.57. The van der Waals surface area contributed by atoms with Crippen LogP contribution in [0.1, 0.15) is 115 Å². The van der Waals surface area contributed by atoms with E-state index in [0.29, 0.717) is 35.5 Å². The SMILES string of the molecule is CCC1(C=C2OC(=O)C3=C2CCC2C4CCC5(C6=CCC(C7CCCCC7)CSSCNc7cc(ccn7)C(CN7C(=O)C=CC7=O)C4=C5C(=O)O6)C32)CCCC1. The van der Waals surface area contributed by atoms with E-state index in [4.69, 9.17) is 9.47 Å². The molecule has 4 fully saturated rings. The maximum Gasteiger partial charge on any atom is 0.340 e. The molecular formula is C46H53N3O6S2. The van der Waals surface area contributed by atoms with Gasteiger partial charge >= 0.3 is 11.9 Å². The molecule has 3 saturated carbocycles. The number of nitrogens with one attached hydrogen (secondary N) is 1. The van der Waals surface area contributed by atoms with Crippen molar-refractivity contribution in [3.05, 3.63) is 82.0 Å². The van der Waals surface area contributed by atoms with Gasteiger partial charge in [0.15, 0.2) is 0 Å². The summed E-state index contributed by atoms with van der Waals surface area (Å²) in [6, 6.07) is 3.99. The number of aromatic nitrogens is 1. The molecule has 11 rings (SSSR count). The molecule has 6 aliphatic carbocycles. The highest BCUT2D eigenvalue weighted by Gasteiger charge is 2.69. The fraction of sp³-hybridized carbons (Fsp3) is 0.587. The number of cyclic esters (lactones) is 1. The van der Waals surface area contributed by atoms with Crippen molar-refractivity contribution in [2.45, 2.75) is 109 Å². The number of ether oxygens (including phenoxy) is 2. The number of hydrogen-bond acceptors (Lipinski definition) is 10. The van der Waals surface area contributed by atoms with Crippen molar-refractivity contribution in [3.8, 4) is 0 Å². The van der Waals surface area contributed by atoms with E-state index in [1.807, 2.05) is 22.9 Å². The van der Waals surface area contributed by atoms with Crippen LogP contribution >= 0.6 is 21.6 Å². The number of carbonyl (C=O) groups is 4. The van der Waals surface area contributed by atoms with E-state index in [0.717, 1.165) is 84.6 Å². The van der Waals surface area contributed by atoms with Gasteiger partial charge in [0.1, 0.15) is 17.3 Å². The number of imide groups is 1. The van der Waals surface area contributed by atoms with Crippen LogP contribution in [-0.4, -0.2) is 51.8 Å². The number of anilines is 1. The predicted molar refractivity (Wildman–Crippen MR) is 221 cm³/mol. The van der Waals surface area contributed by atoms with Gasteiger partial charge in [-0.05, 0) is 116 Å². The summed E-state index contributed by atoms with van der Waals surface area (Å²) in [5, 5.41) is 3.52. The van der Waals surface area contributed by atoms with E-state index in [-0.39, 0.29) is 53.5 Å². The molecule has 9 nitrogen and oxygen atoms in total. The summed E-state index contributed by atoms with van der Waals surface area (Å²) < 4.78 is 13.0. The molecule has 1 aromatic heterocycles. The Labute approximate surface area is 343 Å². The Morgan fingerprint density at radius 1 is 0.930 bits per heavy atom. The number of amides is 2. The summed E-state index contributed by atoms with van der Waals surface area (Å²) in [7, 11) is 3.69. The number of pyridine rings is 1. The topological polar surface area (TPSA) is 115 Å². The van der Waals surface area contributed by atoms with Crippen molar-refractivity contribution < 1.29 is 28.7 Å². The molecule has 300 valence electrons. The van der Waals surface area contributed by atoms with Crippen LogP contribution in [-0.2, 0) is 28.7 Å². The second-order valence-electron chi connectivity index (χ2n) is 18.1. The Morgan fingerprint density at radius 2 is 1.74 bits per heavy atom. The Balaban J connectivity index is 1.17. The fourth-order valence-electron chi connectivity index (χ4n) is 12.8.